The van der Waals surface area contributed by atoms with Crippen molar-refractivity contribution < 1.29 is 0 Å². The zero-order valence-corrected chi connectivity index (χ0v) is 14.4. The molecule has 1 aromatic rings. The van der Waals surface area contributed by atoms with E-state index in [2.05, 4.69) is 54.3 Å². The van der Waals surface area contributed by atoms with Gasteiger partial charge in [0.15, 0.2) is 0 Å². The standard InChI is InChI=1S/C17H29N3S/c1-4-15-13-19(2)10-5-11-20(15)17(12-18)14-6-8-16(21-3)9-7-14/h6-9,15,17H,4-5,10-13,18H2,1-3H3. The van der Waals surface area contributed by atoms with Gasteiger partial charge in [-0.3, -0.25) is 4.90 Å². The van der Waals surface area contributed by atoms with E-state index in [1.165, 1.54) is 29.8 Å². The summed E-state index contributed by atoms with van der Waals surface area (Å²) in [6.07, 6.45) is 4.53. The van der Waals surface area contributed by atoms with Gasteiger partial charge in [-0.15, -0.1) is 11.8 Å². The van der Waals surface area contributed by atoms with E-state index >= 15 is 0 Å². The normalized spacial score (nSPS) is 23.0. The van der Waals surface area contributed by atoms with E-state index in [0.717, 1.165) is 13.1 Å². The second-order valence-corrected chi connectivity index (χ2v) is 6.82. The molecule has 2 rings (SSSR count). The highest BCUT2D eigenvalue weighted by molar-refractivity contribution is 7.98. The Labute approximate surface area is 133 Å². The molecule has 0 radical (unpaired) electrons. The number of hydrogen-bond acceptors (Lipinski definition) is 4. The molecule has 2 N–H and O–H groups in total. The van der Waals surface area contributed by atoms with Gasteiger partial charge >= 0.3 is 0 Å². The van der Waals surface area contributed by atoms with E-state index in [-0.39, 0.29) is 0 Å². The summed E-state index contributed by atoms with van der Waals surface area (Å²) >= 11 is 1.79. The largest absolute Gasteiger partial charge is 0.329 e. The van der Waals surface area contributed by atoms with Gasteiger partial charge in [0.25, 0.3) is 0 Å². The molecule has 1 fully saturated rings. The van der Waals surface area contributed by atoms with E-state index in [1.807, 2.05) is 0 Å². The van der Waals surface area contributed by atoms with E-state index < -0.39 is 0 Å². The number of rotatable bonds is 5. The Balaban J connectivity index is 2.20. The maximum absolute atomic E-state index is 6.15. The highest BCUT2D eigenvalue weighted by Gasteiger charge is 2.28. The first kappa shape index (κ1) is 16.8. The van der Waals surface area contributed by atoms with Crippen molar-refractivity contribution in [3.05, 3.63) is 29.8 Å². The van der Waals surface area contributed by atoms with Crippen LogP contribution in [0.15, 0.2) is 29.2 Å². The van der Waals surface area contributed by atoms with E-state index in [1.54, 1.807) is 11.8 Å². The van der Waals surface area contributed by atoms with Crippen molar-refractivity contribution in [1.82, 2.24) is 9.80 Å². The maximum atomic E-state index is 6.15. The highest BCUT2D eigenvalue weighted by Crippen LogP contribution is 2.27. The lowest BCUT2D eigenvalue weighted by atomic mass is 10.0. The van der Waals surface area contributed by atoms with Gasteiger partial charge in [-0.2, -0.15) is 0 Å². The molecule has 1 aliphatic heterocycles. The van der Waals surface area contributed by atoms with Crippen molar-refractivity contribution in [3.63, 3.8) is 0 Å². The smallest absolute Gasteiger partial charge is 0.0473 e. The zero-order valence-electron chi connectivity index (χ0n) is 13.6. The van der Waals surface area contributed by atoms with Gasteiger partial charge in [-0.05, 0) is 50.4 Å². The highest BCUT2D eigenvalue weighted by atomic mass is 32.2. The molecule has 0 bridgehead atoms. The average molecular weight is 308 g/mol. The average Bonchev–Trinajstić information content (AvgIpc) is 2.70. The fourth-order valence-electron chi connectivity index (χ4n) is 3.32. The predicted molar refractivity (Wildman–Crippen MR) is 92.9 cm³/mol. The third-order valence-corrected chi connectivity index (χ3v) is 5.29. The van der Waals surface area contributed by atoms with Crippen molar-refractivity contribution in [1.29, 1.82) is 0 Å². The molecule has 0 amide bonds. The Hall–Kier alpha value is -0.550. The molecule has 4 heteroatoms. The quantitative estimate of drug-likeness (QED) is 0.848. The second kappa shape index (κ2) is 8.18. The summed E-state index contributed by atoms with van der Waals surface area (Å²) in [4.78, 5) is 6.41. The Kier molecular flexibility index (Phi) is 6.55. The minimum atomic E-state index is 0.345. The summed E-state index contributed by atoms with van der Waals surface area (Å²) in [6.45, 7) is 6.47. The van der Waals surface area contributed by atoms with Gasteiger partial charge in [0, 0.05) is 36.6 Å². The molecular weight excluding hydrogens is 278 g/mol. The summed E-state index contributed by atoms with van der Waals surface area (Å²) in [5, 5.41) is 0. The number of benzene rings is 1. The summed E-state index contributed by atoms with van der Waals surface area (Å²) < 4.78 is 0. The molecule has 0 aromatic heterocycles. The molecule has 0 saturated carbocycles. The first-order valence-electron chi connectivity index (χ1n) is 7.97. The molecule has 0 aliphatic carbocycles. The minimum absolute atomic E-state index is 0.345. The van der Waals surface area contributed by atoms with Crippen LogP contribution >= 0.6 is 11.8 Å². The molecule has 2 atom stereocenters. The maximum Gasteiger partial charge on any atom is 0.0473 e. The van der Waals surface area contributed by atoms with Crippen LogP contribution in [0, 0.1) is 0 Å². The van der Waals surface area contributed by atoms with Crippen molar-refractivity contribution in [3.8, 4) is 0 Å². The van der Waals surface area contributed by atoms with Crippen LogP contribution in [0.4, 0.5) is 0 Å². The summed E-state index contributed by atoms with van der Waals surface area (Å²) in [5.74, 6) is 0. The monoisotopic (exact) mass is 307 g/mol. The summed E-state index contributed by atoms with van der Waals surface area (Å²) in [5.41, 5.74) is 7.51. The molecule has 2 unspecified atom stereocenters. The van der Waals surface area contributed by atoms with Crippen LogP contribution in [0.1, 0.15) is 31.4 Å². The van der Waals surface area contributed by atoms with E-state index in [0.29, 0.717) is 18.6 Å². The Bertz CT molecular complexity index is 421. The van der Waals surface area contributed by atoms with Crippen LogP contribution in [-0.4, -0.2) is 55.3 Å². The molecule has 1 aromatic carbocycles. The molecule has 1 heterocycles. The van der Waals surface area contributed by atoms with Gasteiger partial charge in [-0.25, -0.2) is 0 Å². The van der Waals surface area contributed by atoms with E-state index in [4.69, 9.17) is 5.73 Å². The third kappa shape index (κ3) is 4.22. The zero-order chi connectivity index (χ0) is 15.2. The summed E-state index contributed by atoms with van der Waals surface area (Å²) in [7, 11) is 2.23. The van der Waals surface area contributed by atoms with Crippen LogP contribution in [0.3, 0.4) is 0 Å². The summed E-state index contributed by atoms with van der Waals surface area (Å²) in [6, 6.07) is 9.89. The van der Waals surface area contributed by atoms with Gasteiger partial charge in [0.05, 0.1) is 0 Å². The lowest BCUT2D eigenvalue weighted by molar-refractivity contribution is 0.131. The van der Waals surface area contributed by atoms with Crippen molar-refractivity contribution in [2.45, 2.75) is 36.7 Å². The lowest BCUT2D eigenvalue weighted by Crippen LogP contribution is -2.44. The molecule has 118 valence electrons. The topological polar surface area (TPSA) is 32.5 Å². The first-order valence-corrected chi connectivity index (χ1v) is 9.20. The minimum Gasteiger partial charge on any atom is -0.329 e. The predicted octanol–water partition coefficient (Wildman–Crippen LogP) is 2.82. The van der Waals surface area contributed by atoms with Crippen LogP contribution < -0.4 is 5.73 Å². The van der Waals surface area contributed by atoms with Gasteiger partial charge < -0.3 is 10.6 Å². The second-order valence-electron chi connectivity index (χ2n) is 5.94. The fraction of sp³-hybridized carbons (Fsp3) is 0.647. The lowest BCUT2D eigenvalue weighted by Gasteiger charge is -2.37. The van der Waals surface area contributed by atoms with Crippen LogP contribution in [0.2, 0.25) is 0 Å². The molecular formula is C17H29N3S. The number of likely N-dealkylation sites (N-methyl/N-ethyl adjacent to an activating group) is 1. The molecule has 21 heavy (non-hydrogen) atoms. The van der Waals surface area contributed by atoms with Crippen molar-refractivity contribution in [2.24, 2.45) is 5.73 Å². The Morgan fingerprint density at radius 3 is 2.57 bits per heavy atom. The van der Waals surface area contributed by atoms with Gasteiger partial charge in [-0.1, -0.05) is 19.1 Å². The molecule has 1 aliphatic rings. The van der Waals surface area contributed by atoms with Crippen molar-refractivity contribution >= 4 is 11.8 Å². The molecule has 0 spiro atoms. The van der Waals surface area contributed by atoms with Gasteiger partial charge in [0.1, 0.15) is 0 Å². The van der Waals surface area contributed by atoms with Crippen molar-refractivity contribution in [2.75, 3.05) is 39.5 Å². The SMILES string of the molecule is CCC1CN(C)CCCN1C(CN)c1ccc(SC)cc1. The van der Waals surface area contributed by atoms with E-state index in [9.17, 15) is 0 Å². The molecule has 1 saturated heterocycles. The number of nitrogens with zero attached hydrogens (tertiary/aromatic N) is 2. The molecule has 3 nitrogen and oxygen atoms in total. The Morgan fingerprint density at radius 2 is 2.00 bits per heavy atom. The number of thioether (sulfide) groups is 1. The number of hydrogen-bond donors (Lipinski definition) is 1. The van der Waals surface area contributed by atoms with Crippen LogP contribution in [-0.2, 0) is 0 Å². The first-order chi connectivity index (χ1) is 10.2. The van der Waals surface area contributed by atoms with Crippen LogP contribution in [0.25, 0.3) is 0 Å². The third-order valence-electron chi connectivity index (χ3n) is 4.54. The fourth-order valence-corrected chi connectivity index (χ4v) is 3.73. The number of nitrogens with two attached hydrogens (primary N) is 1. The Morgan fingerprint density at radius 1 is 1.29 bits per heavy atom. The van der Waals surface area contributed by atoms with Crippen LogP contribution in [0.5, 0.6) is 0 Å². The van der Waals surface area contributed by atoms with Gasteiger partial charge in [0.2, 0.25) is 0 Å².